The highest BCUT2D eigenvalue weighted by atomic mass is 32.2. The van der Waals surface area contributed by atoms with E-state index in [0.29, 0.717) is 48.3 Å². The first-order valence-corrected chi connectivity index (χ1v) is 11.1. The number of benzene rings is 1. The summed E-state index contributed by atoms with van der Waals surface area (Å²) in [5, 5.41) is 2.74. The Morgan fingerprint density at radius 1 is 1.32 bits per heavy atom. The number of hydrogen-bond donors (Lipinski definition) is 1. The zero-order valence-electron chi connectivity index (χ0n) is 16.2. The zero-order chi connectivity index (χ0) is 20.3. The van der Waals surface area contributed by atoms with E-state index in [0.717, 1.165) is 0 Å². The molecular weight excluding hydrogens is 380 g/mol. The summed E-state index contributed by atoms with van der Waals surface area (Å²) in [6, 6.07) is 9.02. The molecule has 0 bridgehead atoms. The largest absolute Gasteiger partial charge is 0.377 e. The fourth-order valence-corrected chi connectivity index (χ4v) is 3.79. The van der Waals surface area contributed by atoms with E-state index < -0.39 is 9.84 Å². The van der Waals surface area contributed by atoms with Crippen molar-refractivity contribution in [2.45, 2.75) is 25.6 Å². The summed E-state index contributed by atoms with van der Waals surface area (Å²) in [6.45, 7) is 5.31. The molecule has 1 N–H and O–H groups in total. The number of hydrogen-bond acceptors (Lipinski definition) is 7. The van der Waals surface area contributed by atoms with Crippen LogP contribution >= 0.6 is 0 Å². The molecule has 150 valence electrons. The Balaban J connectivity index is 2.05. The first kappa shape index (κ1) is 20.2. The third kappa shape index (κ3) is 5.26. The molecular formula is C19H24N4O4S. The maximum absolute atomic E-state index is 11.8. The first-order valence-electron chi connectivity index (χ1n) is 8.99. The molecule has 1 atom stereocenters. The monoisotopic (exact) mass is 404 g/mol. The molecule has 1 aliphatic heterocycles. The maximum atomic E-state index is 11.8. The van der Waals surface area contributed by atoms with Gasteiger partial charge in [-0.3, -0.25) is 4.79 Å². The van der Waals surface area contributed by atoms with Crippen molar-refractivity contribution in [3.05, 3.63) is 36.0 Å². The van der Waals surface area contributed by atoms with E-state index in [1.807, 2.05) is 13.0 Å². The number of carbonyl (C=O) groups is 1. The molecule has 3 rings (SSSR count). The molecule has 9 heteroatoms. The van der Waals surface area contributed by atoms with Crippen molar-refractivity contribution in [2.24, 2.45) is 0 Å². The fraction of sp³-hybridized carbons (Fsp3) is 0.421. The minimum absolute atomic E-state index is 0.119. The molecule has 0 unspecified atom stereocenters. The Hall–Kier alpha value is -2.52. The Morgan fingerprint density at radius 2 is 2.11 bits per heavy atom. The maximum Gasteiger partial charge on any atom is 0.221 e. The lowest BCUT2D eigenvalue weighted by Gasteiger charge is -2.34. The number of aromatic nitrogens is 2. The molecule has 0 aliphatic carbocycles. The summed E-state index contributed by atoms with van der Waals surface area (Å²) in [5.74, 6) is 0.748. The van der Waals surface area contributed by atoms with Crippen molar-refractivity contribution in [3.8, 4) is 11.4 Å². The van der Waals surface area contributed by atoms with E-state index >= 15 is 0 Å². The first-order chi connectivity index (χ1) is 13.2. The second-order valence-electron chi connectivity index (χ2n) is 6.99. The predicted octanol–water partition coefficient (Wildman–Crippen LogP) is 1.87. The van der Waals surface area contributed by atoms with Crippen LogP contribution in [0.1, 0.15) is 19.5 Å². The van der Waals surface area contributed by atoms with E-state index in [1.165, 1.54) is 13.2 Å². The van der Waals surface area contributed by atoms with Gasteiger partial charge in [-0.1, -0.05) is 12.1 Å². The predicted molar refractivity (Wildman–Crippen MR) is 108 cm³/mol. The van der Waals surface area contributed by atoms with E-state index in [2.05, 4.69) is 20.2 Å². The molecule has 0 radical (unpaired) electrons. The zero-order valence-corrected chi connectivity index (χ0v) is 17.0. The number of nitrogens with zero attached hydrogens (tertiary/aromatic N) is 3. The second kappa shape index (κ2) is 8.24. The number of amides is 1. The summed E-state index contributed by atoms with van der Waals surface area (Å²) < 4.78 is 29.2. The van der Waals surface area contributed by atoms with Gasteiger partial charge < -0.3 is 15.0 Å². The molecule has 1 aliphatic rings. The van der Waals surface area contributed by atoms with Gasteiger partial charge in [-0.05, 0) is 19.1 Å². The van der Waals surface area contributed by atoms with Crippen molar-refractivity contribution < 1.29 is 17.9 Å². The van der Waals surface area contributed by atoms with Crippen LogP contribution in [0.3, 0.4) is 0 Å². The number of anilines is 2. The lowest BCUT2D eigenvalue weighted by atomic mass is 10.1. The number of carbonyl (C=O) groups excluding carboxylic acids is 1. The average molecular weight is 404 g/mol. The Bertz CT molecular complexity index is 978. The molecule has 28 heavy (non-hydrogen) atoms. The second-order valence-corrected chi connectivity index (χ2v) is 9.13. The number of sulfone groups is 1. The van der Waals surface area contributed by atoms with Crippen LogP contribution in [0.25, 0.3) is 11.4 Å². The smallest absolute Gasteiger partial charge is 0.221 e. The number of nitrogens with one attached hydrogen (secondary N) is 1. The van der Waals surface area contributed by atoms with Gasteiger partial charge in [0.1, 0.15) is 5.82 Å². The van der Waals surface area contributed by atoms with Crippen LogP contribution in [0.4, 0.5) is 11.5 Å². The van der Waals surface area contributed by atoms with Gasteiger partial charge in [-0.25, -0.2) is 18.4 Å². The van der Waals surface area contributed by atoms with Crippen molar-refractivity contribution in [1.29, 1.82) is 0 Å². The van der Waals surface area contributed by atoms with Gasteiger partial charge >= 0.3 is 0 Å². The normalized spacial score (nSPS) is 17.4. The topological polar surface area (TPSA) is 101 Å². The molecule has 2 heterocycles. The number of morpholine rings is 1. The van der Waals surface area contributed by atoms with Crippen LogP contribution in [0.5, 0.6) is 0 Å². The van der Waals surface area contributed by atoms with E-state index in [9.17, 15) is 13.2 Å². The lowest BCUT2D eigenvalue weighted by molar-refractivity contribution is -0.114. The Morgan fingerprint density at radius 3 is 2.79 bits per heavy atom. The van der Waals surface area contributed by atoms with Crippen LogP contribution in [-0.2, 0) is 25.1 Å². The molecule has 8 nitrogen and oxygen atoms in total. The van der Waals surface area contributed by atoms with Gasteiger partial charge in [0.05, 0.1) is 30.7 Å². The minimum Gasteiger partial charge on any atom is -0.377 e. The quantitative estimate of drug-likeness (QED) is 0.812. The molecule has 2 aromatic rings. The van der Waals surface area contributed by atoms with E-state index in [-0.39, 0.29) is 17.7 Å². The molecule has 1 amide bonds. The van der Waals surface area contributed by atoms with Crippen molar-refractivity contribution >= 4 is 27.2 Å². The highest BCUT2D eigenvalue weighted by molar-refractivity contribution is 7.89. The van der Waals surface area contributed by atoms with Crippen LogP contribution in [-0.4, -0.2) is 56.3 Å². The van der Waals surface area contributed by atoms with Crippen LogP contribution in [0, 0.1) is 0 Å². The van der Waals surface area contributed by atoms with Gasteiger partial charge in [0.2, 0.25) is 5.91 Å². The van der Waals surface area contributed by atoms with Gasteiger partial charge in [-0.15, -0.1) is 0 Å². The number of rotatable bonds is 5. The average Bonchev–Trinajstić information content (AvgIpc) is 2.60. The Kier molecular flexibility index (Phi) is 5.95. The summed E-state index contributed by atoms with van der Waals surface area (Å²) in [5.41, 5.74) is 1.76. The Labute approximate surface area is 164 Å². The van der Waals surface area contributed by atoms with Crippen LogP contribution < -0.4 is 10.2 Å². The van der Waals surface area contributed by atoms with Crippen LogP contribution in [0.15, 0.2) is 30.3 Å². The molecule has 1 saturated heterocycles. The van der Waals surface area contributed by atoms with Gasteiger partial charge in [0.15, 0.2) is 15.7 Å². The van der Waals surface area contributed by atoms with Crippen molar-refractivity contribution in [2.75, 3.05) is 36.2 Å². The van der Waals surface area contributed by atoms with E-state index in [1.54, 1.807) is 24.3 Å². The summed E-state index contributed by atoms with van der Waals surface area (Å²) >= 11 is 0. The fourth-order valence-electron chi connectivity index (χ4n) is 3.11. The standard InChI is InChI=1S/C19H24N4O4S/c1-13-11-27-8-7-23(13)18-10-17(12-28(3,25)26)21-19(22-18)15-5-4-6-16(9-15)20-14(2)24/h4-6,9-10,13H,7-8,11-12H2,1-3H3,(H,20,24)/t13-/m0/s1. The van der Waals surface area contributed by atoms with Gasteiger partial charge in [0, 0.05) is 37.0 Å². The molecule has 0 saturated carbocycles. The highest BCUT2D eigenvalue weighted by Gasteiger charge is 2.22. The molecule has 1 aromatic carbocycles. The minimum atomic E-state index is -3.25. The van der Waals surface area contributed by atoms with Gasteiger partial charge in [-0.2, -0.15) is 0 Å². The lowest BCUT2D eigenvalue weighted by Crippen LogP contribution is -2.44. The highest BCUT2D eigenvalue weighted by Crippen LogP contribution is 2.25. The van der Waals surface area contributed by atoms with Crippen molar-refractivity contribution in [3.63, 3.8) is 0 Å². The molecule has 0 spiro atoms. The summed E-state index contributed by atoms with van der Waals surface area (Å²) in [4.78, 5) is 22.6. The third-order valence-electron chi connectivity index (χ3n) is 4.28. The van der Waals surface area contributed by atoms with Crippen LogP contribution in [0.2, 0.25) is 0 Å². The number of ether oxygens (including phenoxy) is 1. The van der Waals surface area contributed by atoms with E-state index in [4.69, 9.17) is 4.74 Å². The summed E-state index contributed by atoms with van der Waals surface area (Å²) in [6.07, 6.45) is 1.18. The summed E-state index contributed by atoms with van der Waals surface area (Å²) in [7, 11) is -3.25. The SMILES string of the molecule is CC(=O)Nc1cccc(-c2nc(CS(C)(=O)=O)cc(N3CCOC[C@@H]3C)n2)c1. The van der Waals surface area contributed by atoms with Gasteiger partial charge in [0.25, 0.3) is 0 Å². The third-order valence-corrected chi connectivity index (χ3v) is 5.10. The van der Waals surface area contributed by atoms with Crippen molar-refractivity contribution in [1.82, 2.24) is 9.97 Å². The molecule has 1 aromatic heterocycles. The molecule has 1 fully saturated rings.